The molecule has 1 N–H and O–H groups in total. The van der Waals surface area contributed by atoms with Gasteiger partial charge in [0, 0.05) is 10.4 Å². The molecule has 0 amide bonds. The molecule has 0 aliphatic heterocycles. The van der Waals surface area contributed by atoms with Crippen LogP contribution in [-0.4, -0.2) is 11.5 Å². The number of aromatic hydroxyl groups is 1. The van der Waals surface area contributed by atoms with E-state index in [4.69, 9.17) is 0 Å². The van der Waals surface area contributed by atoms with Crippen molar-refractivity contribution in [3.05, 3.63) is 35.7 Å². The molecule has 0 radical (unpaired) electrons. The van der Waals surface area contributed by atoms with Crippen LogP contribution in [-0.2, 0) is 0 Å². The molecular formula is C11H7F3O2S. The van der Waals surface area contributed by atoms with Crippen LogP contribution in [0.25, 0.3) is 10.4 Å². The van der Waals surface area contributed by atoms with Crippen molar-refractivity contribution in [1.82, 2.24) is 0 Å². The molecule has 2 aromatic rings. The molecule has 1 aromatic heterocycles. The average molecular weight is 260 g/mol. The van der Waals surface area contributed by atoms with Crippen molar-refractivity contribution in [2.45, 2.75) is 6.36 Å². The molecule has 1 heterocycles. The number of halogens is 3. The molecule has 17 heavy (non-hydrogen) atoms. The van der Waals surface area contributed by atoms with Crippen LogP contribution in [0.1, 0.15) is 0 Å². The second-order valence-corrected chi connectivity index (χ2v) is 4.15. The van der Waals surface area contributed by atoms with E-state index in [1.807, 2.05) is 0 Å². The molecule has 90 valence electrons. The van der Waals surface area contributed by atoms with Gasteiger partial charge in [-0.1, -0.05) is 6.07 Å². The van der Waals surface area contributed by atoms with E-state index in [0.717, 1.165) is 12.1 Å². The Morgan fingerprint density at radius 2 is 1.94 bits per heavy atom. The van der Waals surface area contributed by atoms with E-state index >= 15 is 0 Å². The van der Waals surface area contributed by atoms with Gasteiger partial charge in [0.1, 0.15) is 11.5 Å². The summed E-state index contributed by atoms with van der Waals surface area (Å²) < 4.78 is 39.9. The minimum atomic E-state index is -4.73. The van der Waals surface area contributed by atoms with Gasteiger partial charge in [0.25, 0.3) is 0 Å². The molecule has 1 aromatic carbocycles. The average Bonchev–Trinajstić information content (AvgIpc) is 2.72. The minimum absolute atomic E-state index is 0.0815. The highest BCUT2D eigenvalue weighted by Crippen LogP contribution is 2.36. The highest BCUT2D eigenvalue weighted by molar-refractivity contribution is 7.13. The highest BCUT2D eigenvalue weighted by atomic mass is 32.1. The van der Waals surface area contributed by atoms with Gasteiger partial charge in [-0.05, 0) is 29.6 Å². The van der Waals surface area contributed by atoms with Crippen molar-refractivity contribution in [3.63, 3.8) is 0 Å². The molecule has 0 fully saturated rings. The Hall–Kier alpha value is -1.69. The minimum Gasteiger partial charge on any atom is -0.507 e. The van der Waals surface area contributed by atoms with E-state index in [-0.39, 0.29) is 11.5 Å². The van der Waals surface area contributed by atoms with Gasteiger partial charge in [0.15, 0.2) is 0 Å². The van der Waals surface area contributed by atoms with E-state index in [2.05, 4.69) is 4.74 Å². The van der Waals surface area contributed by atoms with Crippen LogP contribution < -0.4 is 4.74 Å². The molecule has 0 aliphatic rings. The van der Waals surface area contributed by atoms with Crippen molar-refractivity contribution in [2.75, 3.05) is 0 Å². The summed E-state index contributed by atoms with van der Waals surface area (Å²) in [5, 5.41) is 11.3. The first-order valence-electron chi connectivity index (χ1n) is 4.58. The van der Waals surface area contributed by atoms with Gasteiger partial charge in [-0.3, -0.25) is 0 Å². The fourth-order valence-corrected chi connectivity index (χ4v) is 2.09. The number of ether oxygens (including phenoxy) is 1. The third-order valence-electron chi connectivity index (χ3n) is 1.99. The van der Waals surface area contributed by atoms with Crippen molar-refractivity contribution >= 4 is 11.3 Å². The summed E-state index contributed by atoms with van der Waals surface area (Å²) in [6.07, 6.45) is -4.73. The topological polar surface area (TPSA) is 29.5 Å². The molecule has 2 nitrogen and oxygen atoms in total. The van der Waals surface area contributed by atoms with Crippen molar-refractivity contribution in [3.8, 4) is 21.9 Å². The van der Waals surface area contributed by atoms with Gasteiger partial charge in [0.2, 0.25) is 0 Å². The monoisotopic (exact) mass is 260 g/mol. The summed E-state index contributed by atoms with van der Waals surface area (Å²) in [7, 11) is 0. The molecule has 0 aliphatic carbocycles. The predicted octanol–water partition coefficient (Wildman–Crippen LogP) is 4.02. The molecule has 0 spiro atoms. The number of alkyl halides is 3. The molecular weight excluding hydrogens is 253 g/mol. The Bertz CT molecular complexity index is 506. The molecule has 0 saturated carbocycles. The summed E-state index contributed by atoms with van der Waals surface area (Å²) in [4.78, 5) is 0.676. The maximum Gasteiger partial charge on any atom is 0.573 e. The zero-order valence-electron chi connectivity index (χ0n) is 8.36. The fourth-order valence-electron chi connectivity index (χ4n) is 1.34. The van der Waals surface area contributed by atoms with Gasteiger partial charge in [-0.2, -0.15) is 0 Å². The summed E-state index contributed by atoms with van der Waals surface area (Å²) in [5.74, 6) is -0.430. The summed E-state index contributed by atoms with van der Waals surface area (Å²) in [5.41, 5.74) is 0.321. The SMILES string of the molecule is Oc1ccc(OC(F)(F)F)cc1-c1cccs1. The molecule has 6 heteroatoms. The van der Waals surface area contributed by atoms with E-state index < -0.39 is 6.36 Å². The molecule has 0 bridgehead atoms. The lowest BCUT2D eigenvalue weighted by molar-refractivity contribution is -0.274. The summed E-state index contributed by atoms with van der Waals surface area (Å²) in [6, 6.07) is 6.86. The third-order valence-corrected chi connectivity index (χ3v) is 2.89. The zero-order chi connectivity index (χ0) is 12.5. The second kappa shape index (κ2) is 4.29. The number of benzene rings is 1. The Kier molecular flexibility index (Phi) is 2.97. The quantitative estimate of drug-likeness (QED) is 0.883. The van der Waals surface area contributed by atoms with E-state index in [0.29, 0.717) is 10.4 Å². The van der Waals surface area contributed by atoms with Crippen LogP contribution in [0.5, 0.6) is 11.5 Å². The Morgan fingerprint density at radius 1 is 1.18 bits per heavy atom. The maximum absolute atomic E-state index is 12.0. The Labute approximate surface area is 98.9 Å². The smallest absolute Gasteiger partial charge is 0.507 e. The van der Waals surface area contributed by atoms with Gasteiger partial charge in [-0.15, -0.1) is 24.5 Å². The number of hydrogen-bond acceptors (Lipinski definition) is 3. The standard InChI is InChI=1S/C11H7F3O2S/c12-11(13,14)16-7-3-4-9(15)8(6-7)10-2-1-5-17-10/h1-6,15H. The van der Waals surface area contributed by atoms with Crippen LogP contribution in [0.2, 0.25) is 0 Å². The Morgan fingerprint density at radius 3 is 2.53 bits per heavy atom. The van der Waals surface area contributed by atoms with E-state index in [1.54, 1.807) is 17.5 Å². The maximum atomic E-state index is 12.0. The van der Waals surface area contributed by atoms with Gasteiger partial charge in [0.05, 0.1) is 0 Å². The van der Waals surface area contributed by atoms with Crippen molar-refractivity contribution in [2.24, 2.45) is 0 Å². The van der Waals surface area contributed by atoms with Crippen LogP contribution >= 0.6 is 11.3 Å². The number of phenols is 1. The van der Waals surface area contributed by atoms with Gasteiger partial charge >= 0.3 is 6.36 Å². The zero-order valence-corrected chi connectivity index (χ0v) is 9.18. The van der Waals surface area contributed by atoms with Crippen molar-refractivity contribution < 1.29 is 23.0 Å². The van der Waals surface area contributed by atoms with Gasteiger partial charge < -0.3 is 9.84 Å². The Balaban J connectivity index is 2.37. The number of phenolic OH excluding ortho intramolecular Hbond substituents is 1. The third kappa shape index (κ3) is 2.91. The first kappa shape index (κ1) is 11.8. The lowest BCUT2D eigenvalue weighted by Crippen LogP contribution is -2.17. The first-order chi connectivity index (χ1) is 7.96. The van der Waals surface area contributed by atoms with Gasteiger partial charge in [-0.25, -0.2) is 0 Å². The van der Waals surface area contributed by atoms with Crippen molar-refractivity contribution in [1.29, 1.82) is 0 Å². The lowest BCUT2D eigenvalue weighted by Gasteiger charge is -2.10. The number of hydrogen-bond donors (Lipinski definition) is 1. The molecule has 0 saturated heterocycles. The normalized spacial score (nSPS) is 11.5. The molecule has 2 rings (SSSR count). The number of thiophene rings is 1. The predicted molar refractivity (Wildman–Crippen MR) is 58.1 cm³/mol. The van der Waals surface area contributed by atoms with Crippen LogP contribution in [0.3, 0.4) is 0 Å². The van der Waals surface area contributed by atoms with Crippen LogP contribution in [0.4, 0.5) is 13.2 Å². The first-order valence-corrected chi connectivity index (χ1v) is 5.46. The van der Waals surface area contributed by atoms with E-state index in [9.17, 15) is 18.3 Å². The molecule has 0 atom stereocenters. The lowest BCUT2D eigenvalue weighted by atomic mass is 10.1. The van der Waals surface area contributed by atoms with Crippen LogP contribution in [0.15, 0.2) is 35.7 Å². The number of rotatable bonds is 2. The molecule has 0 unspecified atom stereocenters. The summed E-state index contributed by atoms with van der Waals surface area (Å²) >= 11 is 1.32. The van der Waals surface area contributed by atoms with E-state index in [1.165, 1.54) is 17.4 Å². The largest absolute Gasteiger partial charge is 0.573 e. The fraction of sp³-hybridized carbons (Fsp3) is 0.0909. The second-order valence-electron chi connectivity index (χ2n) is 3.20. The van der Waals surface area contributed by atoms with Crippen LogP contribution in [0, 0.1) is 0 Å². The summed E-state index contributed by atoms with van der Waals surface area (Å²) in [6.45, 7) is 0. The highest BCUT2D eigenvalue weighted by Gasteiger charge is 2.31.